The van der Waals surface area contributed by atoms with Gasteiger partial charge in [-0.2, -0.15) is 0 Å². The van der Waals surface area contributed by atoms with E-state index in [0.29, 0.717) is 5.56 Å². The second-order valence-electron chi connectivity index (χ2n) is 3.36. The van der Waals surface area contributed by atoms with E-state index in [-0.39, 0.29) is 24.5 Å². The summed E-state index contributed by atoms with van der Waals surface area (Å²) in [7, 11) is 0. The number of carbonyl (C=O) groups excluding carboxylic acids is 1. The van der Waals surface area contributed by atoms with E-state index in [0.717, 1.165) is 0 Å². The molecule has 0 heterocycles. The number of carbonyl (C=O) groups is 1. The molecule has 0 saturated carbocycles. The van der Waals surface area contributed by atoms with Gasteiger partial charge in [-0.15, -0.1) is 0 Å². The van der Waals surface area contributed by atoms with E-state index in [9.17, 15) is 15.0 Å². The number of aromatic hydroxyl groups is 2. The van der Waals surface area contributed by atoms with Gasteiger partial charge in [0, 0.05) is 11.6 Å². The van der Waals surface area contributed by atoms with Gasteiger partial charge in [-0.05, 0) is 25.1 Å². The monoisotopic (exact) mass is 225 g/mol. The molecular formula is C11H15NO4. The van der Waals surface area contributed by atoms with Gasteiger partial charge in [0.2, 0.25) is 0 Å². The predicted octanol–water partition coefficient (Wildman–Crippen LogP) is 1.05. The molecule has 16 heavy (non-hydrogen) atoms. The molecule has 0 aromatic heterocycles. The Balaban J connectivity index is 2.76. The van der Waals surface area contributed by atoms with Crippen LogP contribution in [0.1, 0.15) is 24.9 Å². The Morgan fingerprint density at radius 2 is 2.19 bits per heavy atom. The molecule has 0 aliphatic carbocycles. The number of esters is 1. The number of hydrogen-bond acceptors (Lipinski definition) is 5. The van der Waals surface area contributed by atoms with Crippen molar-refractivity contribution in [2.75, 3.05) is 6.61 Å². The fourth-order valence-corrected chi connectivity index (χ4v) is 1.35. The third-order valence-corrected chi connectivity index (χ3v) is 2.10. The lowest BCUT2D eigenvalue weighted by atomic mass is 10.0. The molecule has 0 aliphatic rings. The van der Waals surface area contributed by atoms with E-state index in [1.54, 1.807) is 6.92 Å². The minimum Gasteiger partial charge on any atom is -0.508 e. The summed E-state index contributed by atoms with van der Waals surface area (Å²) in [6.07, 6.45) is -0.0369. The molecule has 5 heteroatoms. The molecule has 1 aromatic rings. The summed E-state index contributed by atoms with van der Waals surface area (Å²) < 4.78 is 4.74. The van der Waals surface area contributed by atoms with Crippen molar-refractivity contribution in [3.05, 3.63) is 23.8 Å². The Labute approximate surface area is 93.5 Å². The zero-order valence-electron chi connectivity index (χ0n) is 9.01. The first-order valence-corrected chi connectivity index (χ1v) is 4.97. The number of phenols is 2. The first-order chi connectivity index (χ1) is 7.54. The molecule has 0 radical (unpaired) electrons. The Morgan fingerprint density at radius 3 is 2.81 bits per heavy atom. The zero-order valence-corrected chi connectivity index (χ0v) is 9.01. The lowest BCUT2D eigenvalue weighted by Crippen LogP contribution is -2.17. The van der Waals surface area contributed by atoms with Gasteiger partial charge >= 0.3 is 5.97 Å². The van der Waals surface area contributed by atoms with E-state index in [1.807, 2.05) is 0 Å². The SMILES string of the molecule is CCOC(=O)C[C@@H](N)c1cc(O)ccc1O. The van der Waals surface area contributed by atoms with Gasteiger partial charge in [0.25, 0.3) is 0 Å². The van der Waals surface area contributed by atoms with Crippen LogP contribution in [0.2, 0.25) is 0 Å². The molecule has 0 spiro atoms. The van der Waals surface area contributed by atoms with Crippen molar-refractivity contribution in [3.8, 4) is 11.5 Å². The van der Waals surface area contributed by atoms with Crippen molar-refractivity contribution in [3.63, 3.8) is 0 Å². The standard InChI is InChI=1S/C11H15NO4/c1-2-16-11(15)6-9(12)8-5-7(13)3-4-10(8)14/h3-5,9,13-14H,2,6,12H2,1H3/t9-/m1/s1. The molecular weight excluding hydrogens is 210 g/mol. The smallest absolute Gasteiger partial charge is 0.307 e. The van der Waals surface area contributed by atoms with Crippen molar-refractivity contribution in [2.24, 2.45) is 5.73 Å². The van der Waals surface area contributed by atoms with E-state index < -0.39 is 12.0 Å². The van der Waals surface area contributed by atoms with Crippen LogP contribution in [0.3, 0.4) is 0 Å². The molecule has 0 fully saturated rings. The fraction of sp³-hybridized carbons (Fsp3) is 0.364. The summed E-state index contributed by atoms with van der Waals surface area (Å²) in [5.41, 5.74) is 6.05. The highest BCUT2D eigenvalue weighted by atomic mass is 16.5. The first kappa shape index (κ1) is 12.3. The molecule has 1 rings (SSSR count). The second-order valence-corrected chi connectivity index (χ2v) is 3.36. The van der Waals surface area contributed by atoms with Crippen molar-refractivity contribution in [1.29, 1.82) is 0 Å². The van der Waals surface area contributed by atoms with Crippen molar-refractivity contribution >= 4 is 5.97 Å². The first-order valence-electron chi connectivity index (χ1n) is 4.97. The molecule has 0 amide bonds. The summed E-state index contributed by atoms with van der Waals surface area (Å²) in [4.78, 5) is 11.2. The Kier molecular flexibility index (Phi) is 4.13. The molecule has 0 saturated heterocycles. The van der Waals surface area contributed by atoms with E-state index >= 15 is 0 Å². The maximum absolute atomic E-state index is 11.2. The second kappa shape index (κ2) is 5.37. The summed E-state index contributed by atoms with van der Waals surface area (Å²) in [6.45, 7) is 1.99. The van der Waals surface area contributed by atoms with Crippen LogP contribution in [0.5, 0.6) is 11.5 Å². The Bertz CT molecular complexity index is 378. The largest absolute Gasteiger partial charge is 0.508 e. The summed E-state index contributed by atoms with van der Waals surface area (Å²) in [5.74, 6) is -0.487. The van der Waals surface area contributed by atoms with Crippen LogP contribution < -0.4 is 5.73 Å². The lowest BCUT2D eigenvalue weighted by molar-refractivity contribution is -0.143. The molecule has 1 aromatic carbocycles. The van der Waals surface area contributed by atoms with Gasteiger partial charge in [0.05, 0.1) is 13.0 Å². The van der Waals surface area contributed by atoms with E-state index in [2.05, 4.69) is 0 Å². The lowest BCUT2D eigenvalue weighted by Gasteiger charge is -2.13. The van der Waals surface area contributed by atoms with Crippen LogP contribution in [-0.4, -0.2) is 22.8 Å². The molecule has 0 unspecified atom stereocenters. The van der Waals surface area contributed by atoms with Gasteiger partial charge in [-0.3, -0.25) is 4.79 Å². The van der Waals surface area contributed by atoms with Crippen LogP contribution >= 0.6 is 0 Å². The molecule has 5 nitrogen and oxygen atoms in total. The minimum absolute atomic E-state index is 0.00731. The molecule has 88 valence electrons. The molecule has 0 aliphatic heterocycles. The van der Waals surface area contributed by atoms with Gasteiger partial charge in [-0.25, -0.2) is 0 Å². The van der Waals surface area contributed by atoms with Gasteiger partial charge in [0.1, 0.15) is 11.5 Å². The molecule has 0 bridgehead atoms. The predicted molar refractivity (Wildman–Crippen MR) is 58.0 cm³/mol. The topological polar surface area (TPSA) is 92.8 Å². The van der Waals surface area contributed by atoms with Gasteiger partial charge in [-0.1, -0.05) is 0 Å². The van der Waals surface area contributed by atoms with Crippen LogP contribution in [0.4, 0.5) is 0 Å². The number of phenolic OH excluding ortho intramolecular Hbond substituents is 2. The van der Waals surface area contributed by atoms with Crippen LogP contribution in [0, 0.1) is 0 Å². The van der Waals surface area contributed by atoms with Gasteiger partial charge < -0.3 is 20.7 Å². The highest BCUT2D eigenvalue weighted by Crippen LogP contribution is 2.28. The van der Waals surface area contributed by atoms with E-state index in [1.165, 1.54) is 18.2 Å². The Morgan fingerprint density at radius 1 is 1.50 bits per heavy atom. The maximum Gasteiger partial charge on any atom is 0.307 e. The normalized spacial score (nSPS) is 12.1. The third-order valence-electron chi connectivity index (χ3n) is 2.10. The quantitative estimate of drug-likeness (QED) is 0.526. The van der Waals surface area contributed by atoms with Gasteiger partial charge in [0.15, 0.2) is 0 Å². The summed E-state index contributed by atoms with van der Waals surface area (Å²) >= 11 is 0. The van der Waals surface area contributed by atoms with Crippen LogP contribution in [0.15, 0.2) is 18.2 Å². The highest BCUT2D eigenvalue weighted by Gasteiger charge is 2.16. The number of hydrogen-bond donors (Lipinski definition) is 3. The third kappa shape index (κ3) is 3.13. The zero-order chi connectivity index (χ0) is 12.1. The number of nitrogens with two attached hydrogens (primary N) is 1. The molecule has 1 atom stereocenters. The van der Waals surface area contributed by atoms with Crippen molar-refractivity contribution in [1.82, 2.24) is 0 Å². The van der Waals surface area contributed by atoms with E-state index in [4.69, 9.17) is 10.5 Å². The summed E-state index contributed by atoms with van der Waals surface area (Å²) in [5, 5.41) is 18.7. The summed E-state index contributed by atoms with van der Waals surface area (Å²) in [6, 6.07) is 3.32. The average Bonchev–Trinajstić information content (AvgIpc) is 2.21. The Hall–Kier alpha value is -1.75. The average molecular weight is 225 g/mol. The van der Waals surface area contributed by atoms with Crippen LogP contribution in [-0.2, 0) is 9.53 Å². The van der Waals surface area contributed by atoms with Crippen molar-refractivity contribution in [2.45, 2.75) is 19.4 Å². The fourth-order valence-electron chi connectivity index (χ4n) is 1.35. The number of rotatable bonds is 4. The number of benzene rings is 1. The minimum atomic E-state index is -0.689. The van der Waals surface area contributed by atoms with Crippen LogP contribution in [0.25, 0.3) is 0 Å². The molecule has 4 N–H and O–H groups in total. The van der Waals surface area contributed by atoms with Crippen molar-refractivity contribution < 1.29 is 19.7 Å². The highest BCUT2D eigenvalue weighted by molar-refractivity contribution is 5.70. The maximum atomic E-state index is 11.2. The number of ether oxygens (including phenoxy) is 1.